The summed E-state index contributed by atoms with van der Waals surface area (Å²) in [6, 6.07) is 12.0. The van der Waals surface area contributed by atoms with Crippen molar-refractivity contribution in [1.29, 1.82) is 0 Å². The number of anilines is 1. The first-order valence-electron chi connectivity index (χ1n) is 9.82. The van der Waals surface area contributed by atoms with Gasteiger partial charge in [-0.25, -0.2) is 9.78 Å². The van der Waals surface area contributed by atoms with Crippen LogP contribution >= 0.6 is 0 Å². The Kier molecular flexibility index (Phi) is 7.45. The number of alkyl carbamates (subject to hydrolysis) is 1. The lowest BCUT2D eigenvalue weighted by atomic mass is 10.1. The Labute approximate surface area is 175 Å². The topological polar surface area (TPSA) is 110 Å². The molecule has 0 aliphatic carbocycles. The minimum absolute atomic E-state index is 0.408. The summed E-state index contributed by atoms with van der Waals surface area (Å²) in [5, 5.41) is 2.61. The molecule has 0 spiro atoms. The number of rotatable bonds is 8. The fourth-order valence-electron chi connectivity index (χ4n) is 3.23. The van der Waals surface area contributed by atoms with Gasteiger partial charge >= 0.3 is 6.09 Å². The number of nitrogens with zero attached hydrogens (tertiary/aromatic N) is 3. The number of aromatic nitrogens is 1. The van der Waals surface area contributed by atoms with Gasteiger partial charge in [0, 0.05) is 51.0 Å². The molecule has 0 atom stereocenters. The molecule has 1 aliphatic rings. The van der Waals surface area contributed by atoms with Gasteiger partial charge in [-0.05, 0) is 29.8 Å². The van der Waals surface area contributed by atoms with Crippen LogP contribution in [0.15, 0.2) is 42.6 Å². The van der Waals surface area contributed by atoms with Crippen LogP contribution in [0.5, 0.6) is 5.75 Å². The maximum absolute atomic E-state index is 11.4. The zero-order chi connectivity index (χ0) is 21.3. The van der Waals surface area contributed by atoms with Crippen LogP contribution in [0.3, 0.4) is 0 Å². The Morgan fingerprint density at radius 1 is 1.07 bits per heavy atom. The number of amides is 2. The predicted octanol–water partition coefficient (Wildman–Crippen LogP) is 1.09. The van der Waals surface area contributed by atoms with Gasteiger partial charge in [-0.2, -0.15) is 0 Å². The van der Waals surface area contributed by atoms with Crippen molar-refractivity contribution in [2.75, 3.05) is 57.9 Å². The summed E-state index contributed by atoms with van der Waals surface area (Å²) in [5.41, 5.74) is 7.09. The lowest BCUT2D eigenvalue weighted by Crippen LogP contribution is -2.48. The highest BCUT2D eigenvalue weighted by atomic mass is 16.6. The van der Waals surface area contributed by atoms with Crippen molar-refractivity contribution in [2.24, 2.45) is 5.73 Å². The number of hydrogen-bond donors (Lipinski definition) is 2. The quantitative estimate of drug-likeness (QED) is 0.667. The molecule has 2 amide bonds. The molecule has 1 aromatic heterocycles. The van der Waals surface area contributed by atoms with Gasteiger partial charge in [-0.1, -0.05) is 12.1 Å². The monoisotopic (exact) mass is 413 g/mol. The number of methoxy groups -OCH3 is 1. The van der Waals surface area contributed by atoms with E-state index in [-0.39, 0.29) is 0 Å². The van der Waals surface area contributed by atoms with E-state index < -0.39 is 18.6 Å². The highest BCUT2D eigenvalue weighted by Crippen LogP contribution is 2.23. The van der Waals surface area contributed by atoms with Crippen LogP contribution in [0.4, 0.5) is 10.6 Å². The number of carbonyl (C=O) groups is 2. The summed E-state index contributed by atoms with van der Waals surface area (Å²) in [7, 11) is 1.65. The highest BCUT2D eigenvalue weighted by molar-refractivity contribution is 5.78. The summed E-state index contributed by atoms with van der Waals surface area (Å²) >= 11 is 0. The third-order valence-corrected chi connectivity index (χ3v) is 4.91. The van der Waals surface area contributed by atoms with Crippen LogP contribution in [-0.2, 0) is 9.53 Å². The highest BCUT2D eigenvalue weighted by Gasteiger charge is 2.18. The molecular formula is C21H27N5O4. The third-order valence-electron chi connectivity index (χ3n) is 4.91. The van der Waals surface area contributed by atoms with Gasteiger partial charge in [0.1, 0.15) is 11.6 Å². The van der Waals surface area contributed by atoms with E-state index >= 15 is 0 Å². The van der Waals surface area contributed by atoms with E-state index in [0.717, 1.165) is 48.9 Å². The standard InChI is InChI=1S/C21H27N5O4/c1-29-18-5-2-16(3-6-18)17-4-7-20(24-14-17)26-12-10-25(11-13-26)9-8-23-21(28)30-15-19(22)27/h2-7,14H,8-13,15H2,1H3,(H2,22,27)(H,23,28). The molecule has 0 unspecified atom stereocenters. The van der Waals surface area contributed by atoms with E-state index in [2.05, 4.69) is 30.9 Å². The number of benzene rings is 1. The minimum Gasteiger partial charge on any atom is -0.497 e. The fourth-order valence-corrected chi connectivity index (χ4v) is 3.23. The lowest BCUT2D eigenvalue weighted by molar-refractivity contribution is -0.120. The van der Waals surface area contributed by atoms with Gasteiger partial charge in [-0.3, -0.25) is 9.69 Å². The molecule has 1 aliphatic heterocycles. The molecular weight excluding hydrogens is 386 g/mol. The van der Waals surface area contributed by atoms with Crippen molar-refractivity contribution in [3.8, 4) is 16.9 Å². The number of nitrogens with one attached hydrogen (secondary N) is 1. The molecule has 0 bridgehead atoms. The second-order valence-corrected chi connectivity index (χ2v) is 6.93. The SMILES string of the molecule is COc1ccc(-c2ccc(N3CCN(CCNC(=O)OCC(N)=O)CC3)nc2)cc1. The van der Waals surface area contributed by atoms with E-state index in [1.807, 2.05) is 36.5 Å². The van der Waals surface area contributed by atoms with Crippen LogP contribution in [0, 0.1) is 0 Å². The predicted molar refractivity (Wildman–Crippen MR) is 113 cm³/mol. The van der Waals surface area contributed by atoms with Crippen molar-refractivity contribution < 1.29 is 19.1 Å². The van der Waals surface area contributed by atoms with Crippen molar-refractivity contribution in [3.63, 3.8) is 0 Å². The zero-order valence-corrected chi connectivity index (χ0v) is 17.0. The molecule has 2 aromatic rings. The Bertz CT molecular complexity index is 833. The number of carbonyl (C=O) groups excluding carboxylic acids is 2. The van der Waals surface area contributed by atoms with E-state index in [1.165, 1.54) is 0 Å². The van der Waals surface area contributed by atoms with Crippen molar-refractivity contribution in [2.45, 2.75) is 0 Å². The molecule has 2 heterocycles. The average molecular weight is 413 g/mol. The first kappa shape index (κ1) is 21.4. The zero-order valence-electron chi connectivity index (χ0n) is 17.0. The summed E-state index contributed by atoms with van der Waals surface area (Å²) in [6.07, 6.45) is 1.26. The van der Waals surface area contributed by atoms with Crippen LogP contribution in [-0.4, -0.2) is 74.9 Å². The fraction of sp³-hybridized carbons (Fsp3) is 0.381. The van der Waals surface area contributed by atoms with Gasteiger partial charge in [0.15, 0.2) is 6.61 Å². The maximum Gasteiger partial charge on any atom is 0.407 e. The first-order valence-corrected chi connectivity index (χ1v) is 9.82. The summed E-state index contributed by atoms with van der Waals surface area (Å²) in [5.74, 6) is 1.12. The van der Waals surface area contributed by atoms with Crippen LogP contribution in [0.25, 0.3) is 11.1 Å². The molecule has 9 heteroatoms. The number of nitrogens with two attached hydrogens (primary N) is 1. The van der Waals surface area contributed by atoms with Gasteiger partial charge < -0.3 is 25.4 Å². The van der Waals surface area contributed by atoms with Crippen LogP contribution in [0.1, 0.15) is 0 Å². The number of hydrogen-bond acceptors (Lipinski definition) is 7. The molecule has 3 N–H and O–H groups in total. The van der Waals surface area contributed by atoms with Gasteiger partial charge in [0.05, 0.1) is 7.11 Å². The lowest BCUT2D eigenvalue weighted by Gasteiger charge is -2.35. The van der Waals surface area contributed by atoms with Crippen LogP contribution in [0.2, 0.25) is 0 Å². The van der Waals surface area contributed by atoms with Gasteiger partial charge in [0.2, 0.25) is 0 Å². The Balaban J connectivity index is 1.42. The number of pyridine rings is 1. The minimum atomic E-state index is -0.674. The van der Waals surface area contributed by atoms with Gasteiger partial charge in [-0.15, -0.1) is 0 Å². The molecule has 9 nitrogen and oxygen atoms in total. The van der Waals surface area contributed by atoms with E-state index in [1.54, 1.807) is 7.11 Å². The normalized spacial score (nSPS) is 14.2. The number of ether oxygens (including phenoxy) is 2. The molecule has 1 fully saturated rings. The average Bonchev–Trinajstić information content (AvgIpc) is 2.78. The summed E-state index contributed by atoms with van der Waals surface area (Å²) < 4.78 is 9.85. The van der Waals surface area contributed by atoms with E-state index in [4.69, 9.17) is 10.5 Å². The Morgan fingerprint density at radius 3 is 2.37 bits per heavy atom. The smallest absolute Gasteiger partial charge is 0.407 e. The molecule has 3 rings (SSSR count). The maximum atomic E-state index is 11.4. The molecule has 0 saturated carbocycles. The Hall–Kier alpha value is -3.33. The third kappa shape index (κ3) is 6.08. The summed E-state index contributed by atoms with van der Waals surface area (Å²) in [4.78, 5) is 31.1. The van der Waals surface area contributed by atoms with Crippen LogP contribution < -0.4 is 20.7 Å². The second-order valence-electron chi connectivity index (χ2n) is 6.93. The molecule has 1 saturated heterocycles. The molecule has 1 aromatic carbocycles. The number of piperazine rings is 1. The Morgan fingerprint density at radius 2 is 1.77 bits per heavy atom. The van der Waals surface area contributed by atoms with E-state index in [9.17, 15) is 9.59 Å². The largest absolute Gasteiger partial charge is 0.497 e. The second kappa shape index (κ2) is 10.4. The first-order chi connectivity index (χ1) is 14.5. The molecule has 160 valence electrons. The van der Waals surface area contributed by atoms with Crippen molar-refractivity contribution in [3.05, 3.63) is 42.6 Å². The number of primary amides is 1. The van der Waals surface area contributed by atoms with E-state index in [0.29, 0.717) is 13.1 Å². The van der Waals surface area contributed by atoms with Gasteiger partial charge in [0.25, 0.3) is 5.91 Å². The summed E-state index contributed by atoms with van der Waals surface area (Å²) in [6.45, 7) is 4.23. The molecule has 0 radical (unpaired) electrons. The van der Waals surface area contributed by atoms with Crippen molar-refractivity contribution >= 4 is 17.8 Å². The molecule has 30 heavy (non-hydrogen) atoms. The van der Waals surface area contributed by atoms with Crippen molar-refractivity contribution in [1.82, 2.24) is 15.2 Å².